The number of carbonyl (C=O) groups is 2. The monoisotopic (exact) mass is 212 g/mol. The first-order chi connectivity index (χ1) is 7.18. The van der Waals surface area contributed by atoms with Crippen molar-refractivity contribution in [2.45, 2.75) is 6.04 Å². The molecule has 0 atom stereocenters. The van der Waals surface area contributed by atoms with Crippen molar-refractivity contribution < 1.29 is 9.59 Å². The van der Waals surface area contributed by atoms with Gasteiger partial charge < -0.3 is 10.6 Å². The normalized spacial score (nSPS) is 22.1. The lowest BCUT2D eigenvalue weighted by Gasteiger charge is -2.36. The van der Waals surface area contributed by atoms with E-state index in [1.54, 1.807) is 0 Å². The van der Waals surface area contributed by atoms with Crippen LogP contribution in [0.4, 0.5) is 4.79 Å². The minimum atomic E-state index is -0.264. The molecule has 0 radical (unpaired) electrons. The number of hydrogen-bond acceptors (Lipinski definition) is 4. The van der Waals surface area contributed by atoms with E-state index < -0.39 is 0 Å². The second kappa shape index (κ2) is 4.16. The first-order valence-corrected chi connectivity index (χ1v) is 5.17. The fraction of sp³-hybridized carbons (Fsp3) is 0.778. The van der Waals surface area contributed by atoms with Crippen molar-refractivity contribution in [3.05, 3.63) is 0 Å². The van der Waals surface area contributed by atoms with Crippen LogP contribution in [0.5, 0.6) is 0 Å². The highest BCUT2D eigenvalue weighted by molar-refractivity contribution is 6.01. The molecular formula is C9H16N4O2. The van der Waals surface area contributed by atoms with Gasteiger partial charge in [-0.1, -0.05) is 0 Å². The van der Waals surface area contributed by atoms with Gasteiger partial charge in [0.05, 0.1) is 6.54 Å². The number of nitrogens with one attached hydrogen (secondary N) is 2. The van der Waals surface area contributed by atoms with Crippen molar-refractivity contribution in [1.82, 2.24) is 20.4 Å². The Kier molecular flexibility index (Phi) is 2.88. The zero-order valence-corrected chi connectivity index (χ0v) is 8.82. The summed E-state index contributed by atoms with van der Waals surface area (Å²) in [5.74, 6) is -0.125. The van der Waals surface area contributed by atoms with E-state index in [4.69, 9.17) is 0 Å². The number of hydrogen-bond donors (Lipinski definition) is 2. The summed E-state index contributed by atoms with van der Waals surface area (Å²) in [4.78, 5) is 25.9. The van der Waals surface area contributed by atoms with Crippen LogP contribution in [0.15, 0.2) is 0 Å². The Hall–Kier alpha value is -1.14. The molecule has 84 valence electrons. The average molecular weight is 212 g/mol. The van der Waals surface area contributed by atoms with E-state index in [0.717, 1.165) is 19.6 Å². The van der Waals surface area contributed by atoms with Crippen molar-refractivity contribution in [1.29, 1.82) is 0 Å². The Morgan fingerprint density at radius 3 is 2.67 bits per heavy atom. The van der Waals surface area contributed by atoms with Gasteiger partial charge in [0.15, 0.2) is 0 Å². The predicted molar refractivity (Wildman–Crippen MR) is 54.4 cm³/mol. The van der Waals surface area contributed by atoms with E-state index in [2.05, 4.69) is 15.5 Å². The molecule has 0 spiro atoms. The van der Waals surface area contributed by atoms with Gasteiger partial charge in [-0.25, -0.2) is 4.79 Å². The Morgan fingerprint density at radius 1 is 1.47 bits per heavy atom. The van der Waals surface area contributed by atoms with Gasteiger partial charge in [0, 0.05) is 32.2 Å². The molecule has 2 heterocycles. The minimum Gasteiger partial charge on any atom is -0.329 e. The molecule has 6 heteroatoms. The van der Waals surface area contributed by atoms with E-state index in [1.807, 2.05) is 7.05 Å². The summed E-state index contributed by atoms with van der Waals surface area (Å²) in [6.45, 7) is 3.37. The Bertz CT molecular complexity index is 261. The molecule has 0 aromatic rings. The highest BCUT2D eigenvalue weighted by Gasteiger charge is 2.29. The molecule has 0 unspecified atom stereocenters. The van der Waals surface area contributed by atoms with Crippen LogP contribution in [0, 0.1) is 0 Å². The molecule has 0 saturated carbocycles. The maximum Gasteiger partial charge on any atom is 0.324 e. The Labute approximate surface area is 88.6 Å². The van der Waals surface area contributed by atoms with Gasteiger partial charge in [0.25, 0.3) is 0 Å². The Balaban J connectivity index is 1.76. The average Bonchev–Trinajstić information content (AvgIpc) is 2.41. The third-order valence-electron chi connectivity index (χ3n) is 3.00. The van der Waals surface area contributed by atoms with Gasteiger partial charge in [-0.3, -0.25) is 14.6 Å². The van der Waals surface area contributed by atoms with Gasteiger partial charge in [-0.2, -0.15) is 0 Å². The second-order valence-corrected chi connectivity index (χ2v) is 4.00. The molecule has 2 saturated heterocycles. The number of urea groups is 1. The molecule has 6 nitrogen and oxygen atoms in total. The second-order valence-electron chi connectivity index (χ2n) is 4.00. The molecule has 2 N–H and O–H groups in total. The molecular weight excluding hydrogens is 196 g/mol. The SMILES string of the molecule is CN(CCN1C(=O)CNC1=O)C1CNC1. The maximum atomic E-state index is 11.3. The summed E-state index contributed by atoms with van der Waals surface area (Å²) in [6.07, 6.45) is 0. The van der Waals surface area contributed by atoms with Crippen molar-refractivity contribution >= 4 is 11.9 Å². The fourth-order valence-electron chi connectivity index (χ4n) is 1.71. The van der Waals surface area contributed by atoms with Crippen LogP contribution >= 0.6 is 0 Å². The molecule has 0 aromatic heterocycles. The van der Waals surface area contributed by atoms with Crippen molar-refractivity contribution in [3.8, 4) is 0 Å². The van der Waals surface area contributed by atoms with Crippen LogP contribution in [0.3, 0.4) is 0 Å². The lowest BCUT2D eigenvalue weighted by molar-refractivity contribution is -0.125. The summed E-state index contributed by atoms with van der Waals surface area (Å²) in [5, 5.41) is 5.69. The van der Waals surface area contributed by atoms with Gasteiger partial charge in [-0.05, 0) is 7.05 Å². The zero-order chi connectivity index (χ0) is 10.8. The van der Waals surface area contributed by atoms with Crippen LogP contribution in [-0.2, 0) is 4.79 Å². The molecule has 0 bridgehead atoms. The summed E-state index contributed by atoms with van der Waals surface area (Å²) >= 11 is 0. The highest BCUT2D eigenvalue weighted by atomic mass is 16.2. The van der Waals surface area contributed by atoms with Gasteiger partial charge in [0.2, 0.25) is 5.91 Å². The van der Waals surface area contributed by atoms with Crippen LogP contribution < -0.4 is 10.6 Å². The highest BCUT2D eigenvalue weighted by Crippen LogP contribution is 2.04. The molecule has 15 heavy (non-hydrogen) atoms. The number of amides is 3. The quantitative estimate of drug-likeness (QED) is 0.553. The predicted octanol–water partition coefficient (Wildman–Crippen LogP) is -1.56. The van der Waals surface area contributed by atoms with E-state index in [0.29, 0.717) is 12.6 Å². The maximum absolute atomic E-state index is 11.3. The van der Waals surface area contributed by atoms with Gasteiger partial charge in [0.1, 0.15) is 0 Å². The van der Waals surface area contributed by atoms with Crippen LogP contribution in [0.25, 0.3) is 0 Å². The first kappa shape index (κ1) is 10.4. The third kappa shape index (κ3) is 2.10. The van der Waals surface area contributed by atoms with Crippen molar-refractivity contribution in [2.75, 3.05) is 39.8 Å². The lowest BCUT2D eigenvalue weighted by Crippen LogP contribution is -2.57. The van der Waals surface area contributed by atoms with E-state index in [9.17, 15) is 9.59 Å². The van der Waals surface area contributed by atoms with Crippen molar-refractivity contribution in [2.24, 2.45) is 0 Å². The minimum absolute atomic E-state index is 0.125. The van der Waals surface area contributed by atoms with E-state index >= 15 is 0 Å². The smallest absolute Gasteiger partial charge is 0.324 e. The van der Waals surface area contributed by atoms with Crippen molar-refractivity contribution in [3.63, 3.8) is 0 Å². The number of nitrogens with zero attached hydrogens (tertiary/aromatic N) is 2. The molecule has 2 fully saturated rings. The van der Waals surface area contributed by atoms with E-state index in [-0.39, 0.29) is 18.5 Å². The standard InChI is InChI=1S/C9H16N4O2/c1-12(7-4-10-5-7)2-3-13-8(14)6-11-9(13)15/h7,10H,2-6H2,1H3,(H,11,15). The number of imide groups is 1. The number of carbonyl (C=O) groups excluding carboxylic acids is 2. The van der Waals surface area contributed by atoms with Gasteiger partial charge in [-0.15, -0.1) is 0 Å². The summed E-state index contributed by atoms with van der Waals surface area (Å²) < 4.78 is 0. The van der Waals surface area contributed by atoms with Crippen LogP contribution in [0.1, 0.15) is 0 Å². The van der Waals surface area contributed by atoms with Crippen LogP contribution in [0.2, 0.25) is 0 Å². The lowest BCUT2D eigenvalue weighted by atomic mass is 10.1. The summed E-state index contributed by atoms with van der Waals surface area (Å²) in [6, 6.07) is 0.283. The fourth-order valence-corrected chi connectivity index (χ4v) is 1.71. The Morgan fingerprint density at radius 2 is 2.20 bits per heavy atom. The topological polar surface area (TPSA) is 64.7 Å². The zero-order valence-electron chi connectivity index (χ0n) is 8.82. The molecule has 3 amide bonds. The molecule has 2 aliphatic heterocycles. The molecule has 2 aliphatic rings. The molecule has 0 aliphatic carbocycles. The van der Waals surface area contributed by atoms with E-state index in [1.165, 1.54) is 4.90 Å². The summed E-state index contributed by atoms with van der Waals surface area (Å²) in [7, 11) is 2.02. The number of likely N-dealkylation sites (N-methyl/N-ethyl adjacent to an activating group) is 1. The van der Waals surface area contributed by atoms with Crippen LogP contribution in [-0.4, -0.2) is 67.6 Å². The molecule has 2 rings (SSSR count). The first-order valence-electron chi connectivity index (χ1n) is 5.17. The number of rotatable bonds is 4. The molecule has 0 aromatic carbocycles. The summed E-state index contributed by atoms with van der Waals surface area (Å²) in [5.41, 5.74) is 0. The largest absolute Gasteiger partial charge is 0.329 e. The third-order valence-corrected chi connectivity index (χ3v) is 3.00. The van der Waals surface area contributed by atoms with Gasteiger partial charge >= 0.3 is 6.03 Å².